The zero-order chi connectivity index (χ0) is 15.1. The van der Waals surface area contributed by atoms with Gasteiger partial charge in [-0.1, -0.05) is 12.2 Å². The maximum atomic E-state index is 12.8. The zero-order valence-electron chi connectivity index (χ0n) is 11.9. The third-order valence-corrected chi connectivity index (χ3v) is 5.04. The zero-order valence-corrected chi connectivity index (χ0v) is 11.9. The van der Waals surface area contributed by atoms with Gasteiger partial charge in [-0.05, 0) is 31.1 Å². The van der Waals surface area contributed by atoms with Crippen LogP contribution in [0.25, 0.3) is 0 Å². The van der Waals surface area contributed by atoms with Crippen LogP contribution >= 0.6 is 0 Å². The Morgan fingerprint density at radius 3 is 2.48 bits per heavy atom. The predicted octanol–water partition coefficient (Wildman–Crippen LogP) is 0.673. The minimum absolute atomic E-state index is 0.0116. The van der Waals surface area contributed by atoms with Crippen LogP contribution in [0.5, 0.6) is 0 Å². The first-order chi connectivity index (χ1) is 10.0. The Morgan fingerprint density at radius 2 is 1.86 bits per heavy atom. The number of carbonyl (C=O) groups excluding carboxylic acids is 2. The Morgan fingerprint density at radius 1 is 1.19 bits per heavy atom. The topological polar surface area (TPSA) is 83.9 Å². The van der Waals surface area contributed by atoms with Gasteiger partial charge in [0.25, 0.3) is 0 Å². The molecule has 0 aromatic carbocycles. The van der Waals surface area contributed by atoms with Crippen molar-refractivity contribution in [2.24, 2.45) is 23.7 Å². The van der Waals surface area contributed by atoms with Crippen molar-refractivity contribution in [1.29, 1.82) is 0 Å². The van der Waals surface area contributed by atoms with E-state index in [1.54, 1.807) is 0 Å². The SMILES string of the molecule is COC(=O)[C@@H]1CCCN1C(=O)C1C2C=CC(C2)C1C(=O)O. The first kappa shape index (κ1) is 14.1. The molecule has 1 saturated carbocycles. The maximum absolute atomic E-state index is 12.8. The number of carboxylic acid groups (broad SMARTS) is 1. The summed E-state index contributed by atoms with van der Waals surface area (Å²) in [4.78, 5) is 37.6. The van der Waals surface area contributed by atoms with Crippen LogP contribution in [0.1, 0.15) is 19.3 Å². The smallest absolute Gasteiger partial charge is 0.328 e. The van der Waals surface area contributed by atoms with Gasteiger partial charge in [-0.2, -0.15) is 0 Å². The molecule has 21 heavy (non-hydrogen) atoms. The molecule has 0 aromatic rings. The summed E-state index contributed by atoms with van der Waals surface area (Å²) in [7, 11) is 1.31. The molecule has 3 rings (SSSR count). The molecule has 4 unspecified atom stereocenters. The summed E-state index contributed by atoms with van der Waals surface area (Å²) >= 11 is 0. The van der Waals surface area contributed by atoms with Crippen molar-refractivity contribution >= 4 is 17.8 Å². The third kappa shape index (κ3) is 2.13. The second-order valence-corrected chi connectivity index (χ2v) is 6.05. The average Bonchev–Trinajstić information content (AvgIpc) is 3.18. The second-order valence-electron chi connectivity index (χ2n) is 6.05. The number of carboxylic acids is 1. The molecule has 5 atom stereocenters. The van der Waals surface area contributed by atoms with E-state index in [9.17, 15) is 19.5 Å². The van der Waals surface area contributed by atoms with Gasteiger partial charge in [0.05, 0.1) is 18.9 Å². The molecule has 1 amide bonds. The van der Waals surface area contributed by atoms with Crippen LogP contribution in [0.2, 0.25) is 0 Å². The van der Waals surface area contributed by atoms with Gasteiger partial charge in [0.2, 0.25) is 5.91 Å². The molecule has 1 heterocycles. The number of likely N-dealkylation sites (tertiary alicyclic amines) is 1. The summed E-state index contributed by atoms with van der Waals surface area (Å²) in [6, 6.07) is -0.556. The summed E-state index contributed by atoms with van der Waals surface area (Å²) in [5.41, 5.74) is 0. The van der Waals surface area contributed by atoms with Gasteiger partial charge < -0.3 is 14.7 Å². The summed E-state index contributed by atoms with van der Waals surface area (Å²) in [6.45, 7) is 0.503. The number of esters is 1. The first-order valence-electron chi connectivity index (χ1n) is 7.34. The quantitative estimate of drug-likeness (QED) is 0.611. The van der Waals surface area contributed by atoms with Gasteiger partial charge in [0, 0.05) is 6.54 Å². The molecule has 1 saturated heterocycles. The van der Waals surface area contributed by atoms with Crippen molar-refractivity contribution in [2.45, 2.75) is 25.3 Å². The Balaban J connectivity index is 1.83. The molecule has 0 radical (unpaired) electrons. The van der Waals surface area contributed by atoms with Crippen molar-refractivity contribution < 1.29 is 24.2 Å². The summed E-state index contributed by atoms with van der Waals surface area (Å²) in [5.74, 6) is -2.80. The summed E-state index contributed by atoms with van der Waals surface area (Å²) in [6.07, 6.45) is 5.93. The molecular formula is C15H19NO5. The average molecular weight is 293 g/mol. The van der Waals surface area contributed by atoms with E-state index in [-0.39, 0.29) is 17.7 Å². The molecule has 6 nitrogen and oxygen atoms in total. The van der Waals surface area contributed by atoms with E-state index in [4.69, 9.17) is 4.74 Å². The van der Waals surface area contributed by atoms with Gasteiger partial charge >= 0.3 is 11.9 Å². The van der Waals surface area contributed by atoms with Crippen molar-refractivity contribution in [3.05, 3.63) is 12.2 Å². The molecular weight excluding hydrogens is 274 g/mol. The highest BCUT2D eigenvalue weighted by Crippen LogP contribution is 2.49. The number of amides is 1. The van der Waals surface area contributed by atoms with Crippen molar-refractivity contribution in [1.82, 2.24) is 4.90 Å². The Kier molecular flexibility index (Phi) is 3.47. The molecule has 114 valence electrons. The standard InChI is InChI=1S/C15H19NO5/c1-21-15(20)10-3-2-6-16(10)13(17)11-8-4-5-9(7-8)12(11)14(18)19/h4-5,8-12H,2-3,6-7H2,1H3,(H,18,19)/t8?,9?,10-,11?,12?/m0/s1. The molecule has 2 aliphatic carbocycles. The molecule has 2 fully saturated rings. The lowest BCUT2D eigenvalue weighted by Crippen LogP contribution is -2.47. The van der Waals surface area contributed by atoms with Gasteiger partial charge in [-0.3, -0.25) is 9.59 Å². The van der Waals surface area contributed by atoms with Crippen LogP contribution in [0, 0.1) is 23.7 Å². The number of nitrogens with zero attached hydrogens (tertiary/aromatic N) is 1. The van der Waals surface area contributed by atoms with Crippen LogP contribution < -0.4 is 0 Å². The monoisotopic (exact) mass is 293 g/mol. The molecule has 6 heteroatoms. The molecule has 2 bridgehead atoms. The van der Waals surface area contributed by atoms with E-state index < -0.39 is 29.8 Å². The third-order valence-electron chi connectivity index (χ3n) is 5.04. The van der Waals surface area contributed by atoms with Gasteiger partial charge in [-0.15, -0.1) is 0 Å². The number of hydrogen-bond donors (Lipinski definition) is 1. The Labute approximate surface area is 122 Å². The van der Waals surface area contributed by atoms with Crippen LogP contribution in [0.4, 0.5) is 0 Å². The summed E-state index contributed by atoms with van der Waals surface area (Å²) < 4.78 is 4.75. The van der Waals surface area contributed by atoms with E-state index in [0.29, 0.717) is 13.0 Å². The van der Waals surface area contributed by atoms with Crippen LogP contribution in [0.3, 0.4) is 0 Å². The molecule has 1 N–H and O–H groups in total. The van der Waals surface area contributed by atoms with E-state index in [0.717, 1.165) is 12.8 Å². The number of rotatable bonds is 3. The fourth-order valence-electron chi connectivity index (χ4n) is 4.10. The second kappa shape index (κ2) is 5.16. The number of allylic oxidation sites excluding steroid dienone is 2. The van der Waals surface area contributed by atoms with E-state index >= 15 is 0 Å². The molecule has 0 aromatic heterocycles. The van der Waals surface area contributed by atoms with E-state index in [1.807, 2.05) is 12.2 Å². The largest absolute Gasteiger partial charge is 0.481 e. The highest BCUT2D eigenvalue weighted by atomic mass is 16.5. The number of fused-ring (bicyclic) bond motifs is 2. The predicted molar refractivity (Wildman–Crippen MR) is 72.1 cm³/mol. The lowest BCUT2D eigenvalue weighted by atomic mass is 9.82. The highest BCUT2D eigenvalue weighted by molar-refractivity contribution is 5.90. The van der Waals surface area contributed by atoms with Gasteiger partial charge in [0.1, 0.15) is 6.04 Å². The molecule has 1 aliphatic heterocycles. The minimum Gasteiger partial charge on any atom is -0.481 e. The Hall–Kier alpha value is -1.85. The minimum atomic E-state index is -0.918. The number of methoxy groups -OCH3 is 1. The lowest BCUT2D eigenvalue weighted by molar-refractivity contribution is -0.156. The van der Waals surface area contributed by atoms with Gasteiger partial charge in [-0.25, -0.2) is 4.79 Å². The molecule has 0 spiro atoms. The number of hydrogen-bond acceptors (Lipinski definition) is 4. The number of aliphatic carboxylic acids is 1. The van der Waals surface area contributed by atoms with E-state index in [1.165, 1.54) is 12.0 Å². The van der Waals surface area contributed by atoms with Crippen LogP contribution in [-0.2, 0) is 19.1 Å². The van der Waals surface area contributed by atoms with Crippen molar-refractivity contribution in [3.8, 4) is 0 Å². The number of carbonyl (C=O) groups is 3. The highest BCUT2D eigenvalue weighted by Gasteiger charge is 2.54. The van der Waals surface area contributed by atoms with Crippen molar-refractivity contribution in [3.63, 3.8) is 0 Å². The maximum Gasteiger partial charge on any atom is 0.328 e. The van der Waals surface area contributed by atoms with Crippen LogP contribution in [0.15, 0.2) is 12.2 Å². The fraction of sp³-hybridized carbons (Fsp3) is 0.667. The Bertz CT molecular complexity index is 514. The number of ether oxygens (including phenoxy) is 1. The van der Waals surface area contributed by atoms with Gasteiger partial charge in [0.15, 0.2) is 0 Å². The fourth-order valence-corrected chi connectivity index (χ4v) is 4.10. The van der Waals surface area contributed by atoms with E-state index in [2.05, 4.69) is 0 Å². The first-order valence-corrected chi connectivity index (χ1v) is 7.34. The lowest BCUT2D eigenvalue weighted by Gasteiger charge is -2.30. The van der Waals surface area contributed by atoms with Crippen molar-refractivity contribution in [2.75, 3.05) is 13.7 Å². The van der Waals surface area contributed by atoms with Crippen LogP contribution in [-0.4, -0.2) is 47.5 Å². The molecule has 3 aliphatic rings. The summed E-state index contributed by atoms with van der Waals surface area (Å²) in [5, 5.41) is 9.42. The normalized spacial score (nSPS) is 37.0.